The average Bonchev–Trinajstić information content (AvgIpc) is 2.84. The standard InChI is InChI=1S/C11H19F3N4O2S/c1-15-5-3-6-18-9-10(8-16-18)21(19,20)17(2)7-4-11(12,13)14/h8-9,15H,3-7H2,1-2H3. The van der Waals surface area contributed by atoms with E-state index < -0.39 is 29.2 Å². The summed E-state index contributed by atoms with van der Waals surface area (Å²) in [7, 11) is -1.01. The van der Waals surface area contributed by atoms with Crippen LogP contribution in [0, 0.1) is 0 Å². The molecule has 0 fully saturated rings. The molecule has 0 saturated carbocycles. The van der Waals surface area contributed by atoms with E-state index in [1.54, 1.807) is 7.05 Å². The summed E-state index contributed by atoms with van der Waals surface area (Å²) in [5, 5.41) is 6.86. The fourth-order valence-electron chi connectivity index (χ4n) is 1.60. The van der Waals surface area contributed by atoms with Gasteiger partial charge in [0.2, 0.25) is 10.0 Å². The van der Waals surface area contributed by atoms with E-state index in [9.17, 15) is 21.6 Å². The molecule has 6 nitrogen and oxygen atoms in total. The average molecular weight is 328 g/mol. The fraction of sp³-hybridized carbons (Fsp3) is 0.727. The molecule has 0 amide bonds. The zero-order valence-electron chi connectivity index (χ0n) is 11.9. The van der Waals surface area contributed by atoms with E-state index in [0.717, 1.165) is 26.2 Å². The zero-order chi connectivity index (χ0) is 16.1. The van der Waals surface area contributed by atoms with Gasteiger partial charge in [-0.3, -0.25) is 4.68 Å². The van der Waals surface area contributed by atoms with Gasteiger partial charge < -0.3 is 5.32 Å². The Morgan fingerprint density at radius 3 is 2.67 bits per heavy atom. The summed E-state index contributed by atoms with van der Waals surface area (Å²) in [4.78, 5) is -0.100. The lowest BCUT2D eigenvalue weighted by molar-refractivity contribution is -0.135. The van der Waals surface area contributed by atoms with Gasteiger partial charge in [0, 0.05) is 26.3 Å². The Kier molecular flexibility index (Phi) is 6.17. The minimum Gasteiger partial charge on any atom is -0.320 e. The van der Waals surface area contributed by atoms with Crippen LogP contribution in [0.5, 0.6) is 0 Å². The summed E-state index contributed by atoms with van der Waals surface area (Å²) in [5.41, 5.74) is 0. The molecule has 0 aliphatic rings. The molecule has 0 aromatic carbocycles. The normalized spacial score (nSPS) is 13.0. The number of aromatic nitrogens is 2. The van der Waals surface area contributed by atoms with Crippen molar-refractivity contribution in [1.82, 2.24) is 19.4 Å². The van der Waals surface area contributed by atoms with Crippen LogP contribution in [0.25, 0.3) is 0 Å². The molecular weight excluding hydrogens is 309 g/mol. The number of alkyl halides is 3. The third kappa shape index (κ3) is 5.64. The van der Waals surface area contributed by atoms with Crippen LogP contribution in [-0.2, 0) is 16.6 Å². The number of aryl methyl sites for hydroxylation is 1. The molecule has 0 bridgehead atoms. The van der Waals surface area contributed by atoms with Crippen molar-refractivity contribution in [3.63, 3.8) is 0 Å². The summed E-state index contributed by atoms with van der Waals surface area (Å²) in [6, 6.07) is 0. The van der Waals surface area contributed by atoms with Crippen molar-refractivity contribution < 1.29 is 21.6 Å². The summed E-state index contributed by atoms with van der Waals surface area (Å²) < 4.78 is 62.7. The highest BCUT2D eigenvalue weighted by atomic mass is 32.2. The monoisotopic (exact) mass is 328 g/mol. The van der Waals surface area contributed by atoms with Gasteiger partial charge in [-0.15, -0.1) is 0 Å². The van der Waals surface area contributed by atoms with E-state index in [4.69, 9.17) is 0 Å². The zero-order valence-corrected chi connectivity index (χ0v) is 12.7. The van der Waals surface area contributed by atoms with E-state index in [1.807, 2.05) is 0 Å². The largest absolute Gasteiger partial charge is 0.390 e. The van der Waals surface area contributed by atoms with E-state index in [-0.39, 0.29) is 4.90 Å². The second kappa shape index (κ2) is 7.23. The van der Waals surface area contributed by atoms with Gasteiger partial charge in [0.1, 0.15) is 4.90 Å². The first-order chi connectivity index (χ1) is 9.66. The number of nitrogens with zero attached hydrogens (tertiary/aromatic N) is 3. The molecule has 0 radical (unpaired) electrons. The summed E-state index contributed by atoms with van der Waals surface area (Å²) in [5.74, 6) is 0. The van der Waals surface area contributed by atoms with Gasteiger partial charge in [-0.25, -0.2) is 12.7 Å². The number of halogens is 3. The molecule has 0 spiro atoms. The highest BCUT2D eigenvalue weighted by molar-refractivity contribution is 7.89. The third-order valence-electron chi connectivity index (χ3n) is 2.84. The van der Waals surface area contributed by atoms with Crippen molar-refractivity contribution in [2.45, 2.75) is 30.5 Å². The molecule has 122 valence electrons. The van der Waals surface area contributed by atoms with Gasteiger partial charge >= 0.3 is 6.18 Å². The Bertz CT molecular complexity index is 542. The molecule has 0 aliphatic heterocycles. The maximum absolute atomic E-state index is 12.1. The van der Waals surface area contributed by atoms with Crippen LogP contribution in [-0.4, -0.2) is 55.9 Å². The second-order valence-electron chi connectivity index (χ2n) is 4.59. The van der Waals surface area contributed by atoms with Crippen molar-refractivity contribution in [1.29, 1.82) is 0 Å². The maximum Gasteiger partial charge on any atom is 0.390 e. The number of sulfonamides is 1. The van der Waals surface area contributed by atoms with Crippen LogP contribution in [0.15, 0.2) is 17.3 Å². The first-order valence-corrected chi connectivity index (χ1v) is 7.81. The lowest BCUT2D eigenvalue weighted by atomic mass is 10.4. The van der Waals surface area contributed by atoms with Crippen LogP contribution >= 0.6 is 0 Å². The van der Waals surface area contributed by atoms with Crippen LogP contribution in [0.3, 0.4) is 0 Å². The molecule has 1 aromatic heterocycles. The highest BCUT2D eigenvalue weighted by Gasteiger charge is 2.30. The predicted molar refractivity (Wildman–Crippen MR) is 71.3 cm³/mol. The Morgan fingerprint density at radius 1 is 1.43 bits per heavy atom. The Hall–Kier alpha value is -1.13. The van der Waals surface area contributed by atoms with Crippen molar-refractivity contribution in [3.05, 3.63) is 12.4 Å². The molecule has 0 atom stereocenters. The maximum atomic E-state index is 12.1. The minimum absolute atomic E-state index is 0.100. The SMILES string of the molecule is CNCCCn1cc(S(=O)(=O)N(C)CCC(F)(F)F)cn1. The molecule has 10 heteroatoms. The first kappa shape index (κ1) is 17.9. The van der Waals surface area contributed by atoms with E-state index in [2.05, 4.69) is 10.4 Å². The lowest BCUT2D eigenvalue weighted by Crippen LogP contribution is -2.30. The Morgan fingerprint density at radius 2 is 2.10 bits per heavy atom. The number of hydrogen-bond acceptors (Lipinski definition) is 4. The molecular formula is C11H19F3N4O2S. The quantitative estimate of drug-likeness (QED) is 0.725. The van der Waals surface area contributed by atoms with Gasteiger partial charge in [0.15, 0.2) is 0 Å². The molecule has 0 unspecified atom stereocenters. The molecule has 1 aromatic rings. The second-order valence-corrected chi connectivity index (χ2v) is 6.63. The van der Waals surface area contributed by atoms with Crippen molar-refractivity contribution in [2.24, 2.45) is 0 Å². The number of nitrogens with one attached hydrogen (secondary N) is 1. The smallest absolute Gasteiger partial charge is 0.320 e. The molecule has 1 heterocycles. The molecule has 1 N–H and O–H groups in total. The first-order valence-electron chi connectivity index (χ1n) is 6.37. The van der Waals surface area contributed by atoms with Crippen molar-refractivity contribution in [3.8, 4) is 0 Å². The van der Waals surface area contributed by atoms with E-state index in [0.29, 0.717) is 10.8 Å². The van der Waals surface area contributed by atoms with Gasteiger partial charge in [0.25, 0.3) is 0 Å². The third-order valence-corrected chi connectivity index (χ3v) is 4.65. The molecule has 0 aliphatic carbocycles. The van der Waals surface area contributed by atoms with E-state index in [1.165, 1.54) is 10.9 Å². The topological polar surface area (TPSA) is 67.2 Å². The predicted octanol–water partition coefficient (Wildman–Crippen LogP) is 1.07. The van der Waals surface area contributed by atoms with Crippen LogP contribution in [0.4, 0.5) is 13.2 Å². The van der Waals surface area contributed by atoms with Crippen LogP contribution in [0.1, 0.15) is 12.8 Å². The van der Waals surface area contributed by atoms with Crippen molar-refractivity contribution >= 4 is 10.0 Å². The van der Waals surface area contributed by atoms with Gasteiger partial charge in [-0.2, -0.15) is 18.3 Å². The minimum atomic E-state index is -4.39. The van der Waals surface area contributed by atoms with Crippen molar-refractivity contribution in [2.75, 3.05) is 27.2 Å². The summed E-state index contributed by atoms with van der Waals surface area (Å²) in [6.45, 7) is 0.673. The molecule has 1 rings (SSSR count). The Balaban J connectivity index is 2.69. The van der Waals surface area contributed by atoms with Gasteiger partial charge in [-0.1, -0.05) is 0 Å². The lowest BCUT2D eigenvalue weighted by Gasteiger charge is -2.16. The van der Waals surface area contributed by atoms with Crippen LogP contribution < -0.4 is 5.32 Å². The highest BCUT2D eigenvalue weighted by Crippen LogP contribution is 2.21. The number of hydrogen-bond donors (Lipinski definition) is 1. The molecule has 21 heavy (non-hydrogen) atoms. The molecule has 0 saturated heterocycles. The van der Waals surface area contributed by atoms with Gasteiger partial charge in [0.05, 0.1) is 12.6 Å². The summed E-state index contributed by atoms with van der Waals surface area (Å²) in [6.07, 6.45) is -2.32. The summed E-state index contributed by atoms with van der Waals surface area (Å²) >= 11 is 0. The van der Waals surface area contributed by atoms with Crippen LogP contribution in [0.2, 0.25) is 0 Å². The van der Waals surface area contributed by atoms with Gasteiger partial charge in [-0.05, 0) is 20.0 Å². The fourth-order valence-corrected chi connectivity index (χ4v) is 2.73. The Labute approximate surface area is 122 Å². The van der Waals surface area contributed by atoms with E-state index >= 15 is 0 Å². The number of rotatable bonds is 8.